The molecule has 11 heavy (non-hydrogen) atoms. The molecule has 0 unspecified atom stereocenters. The molecule has 0 bridgehead atoms. The first-order valence-corrected chi connectivity index (χ1v) is 3.32. The van der Waals surface area contributed by atoms with Crippen LogP contribution in [0, 0.1) is 0 Å². The highest BCUT2D eigenvalue weighted by Crippen LogP contribution is 2.12. The molecule has 1 aromatic rings. The fourth-order valence-electron chi connectivity index (χ4n) is 1.16. The summed E-state index contributed by atoms with van der Waals surface area (Å²) in [5.74, 6) is 0.181. The standard InChI is InChI=1S/C7H7N3O/c8-7-9-5-3-1-2-4(5)6(11)10-7/h1,3H,2H2,(H3,8,9,10,11). The Bertz CT molecular complexity index is 378. The first kappa shape index (κ1) is 6.15. The maximum Gasteiger partial charge on any atom is 0.256 e. The number of rotatable bonds is 0. The lowest BCUT2D eigenvalue weighted by Gasteiger charge is -1.96. The minimum Gasteiger partial charge on any atom is -0.369 e. The summed E-state index contributed by atoms with van der Waals surface area (Å²) in [7, 11) is 0. The van der Waals surface area contributed by atoms with Gasteiger partial charge in [0.15, 0.2) is 0 Å². The Kier molecular flexibility index (Phi) is 1.09. The Labute approximate surface area is 62.8 Å². The van der Waals surface area contributed by atoms with Crippen LogP contribution in [0.5, 0.6) is 0 Å². The van der Waals surface area contributed by atoms with Crippen molar-refractivity contribution in [3.8, 4) is 0 Å². The van der Waals surface area contributed by atoms with Gasteiger partial charge in [0.25, 0.3) is 5.56 Å². The maximum absolute atomic E-state index is 11.1. The van der Waals surface area contributed by atoms with E-state index in [4.69, 9.17) is 5.73 Å². The molecule has 0 amide bonds. The summed E-state index contributed by atoms with van der Waals surface area (Å²) >= 11 is 0. The van der Waals surface area contributed by atoms with Crippen LogP contribution in [0.3, 0.4) is 0 Å². The van der Waals surface area contributed by atoms with E-state index in [2.05, 4.69) is 9.97 Å². The molecule has 1 aliphatic carbocycles. The van der Waals surface area contributed by atoms with Crippen LogP contribution < -0.4 is 11.3 Å². The number of nitrogens with zero attached hydrogens (tertiary/aromatic N) is 1. The van der Waals surface area contributed by atoms with Crippen molar-refractivity contribution in [2.75, 3.05) is 5.73 Å². The molecule has 1 aromatic heterocycles. The van der Waals surface area contributed by atoms with Crippen LogP contribution in [0.15, 0.2) is 10.9 Å². The largest absolute Gasteiger partial charge is 0.369 e. The number of nitrogen functional groups attached to an aromatic ring is 1. The first-order valence-electron chi connectivity index (χ1n) is 3.32. The Balaban J connectivity index is 2.76. The van der Waals surface area contributed by atoms with Gasteiger partial charge in [-0.15, -0.1) is 0 Å². The van der Waals surface area contributed by atoms with Gasteiger partial charge < -0.3 is 5.73 Å². The van der Waals surface area contributed by atoms with Crippen molar-refractivity contribution in [1.82, 2.24) is 9.97 Å². The molecule has 1 aliphatic rings. The number of H-pyrrole nitrogens is 1. The van der Waals surface area contributed by atoms with Crippen molar-refractivity contribution in [2.24, 2.45) is 0 Å². The van der Waals surface area contributed by atoms with E-state index in [1.54, 1.807) is 6.08 Å². The van der Waals surface area contributed by atoms with Crippen molar-refractivity contribution < 1.29 is 0 Å². The average Bonchev–Trinajstić information content (AvgIpc) is 2.34. The number of allylic oxidation sites excluding steroid dienone is 1. The zero-order valence-electron chi connectivity index (χ0n) is 5.79. The number of fused-ring (bicyclic) bond motifs is 1. The third-order valence-electron chi connectivity index (χ3n) is 1.66. The van der Waals surface area contributed by atoms with Crippen molar-refractivity contribution in [3.05, 3.63) is 27.7 Å². The Morgan fingerprint density at radius 3 is 3.27 bits per heavy atom. The topological polar surface area (TPSA) is 71.8 Å². The van der Waals surface area contributed by atoms with Gasteiger partial charge in [-0.1, -0.05) is 6.08 Å². The molecule has 56 valence electrons. The van der Waals surface area contributed by atoms with E-state index in [9.17, 15) is 4.79 Å². The third kappa shape index (κ3) is 0.832. The van der Waals surface area contributed by atoms with Gasteiger partial charge in [-0.05, 0) is 12.5 Å². The second kappa shape index (κ2) is 1.95. The zero-order chi connectivity index (χ0) is 7.84. The number of aromatic amines is 1. The molecule has 0 saturated carbocycles. The maximum atomic E-state index is 11.1. The summed E-state index contributed by atoms with van der Waals surface area (Å²) in [6.07, 6.45) is 4.37. The average molecular weight is 149 g/mol. The molecule has 4 heteroatoms. The van der Waals surface area contributed by atoms with E-state index in [0.717, 1.165) is 0 Å². The highest BCUT2D eigenvalue weighted by molar-refractivity contribution is 5.56. The number of hydrogen-bond acceptors (Lipinski definition) is 3. The SMILES string of the molecule is Nc1nc2c(c(=O)[nH]1)CC=C2. The first-order chi connectivity index (χ1) is 5.27. The molecule has 4 nitrogen and oxygen atoms in total. The summed E-state index contributed by atoms with van der Waals surface area (Å²) < 4.78 is 0. The number of hydrogen-bond donors (Lipinski definition) is 2. The molecule has 2 rings (SSSR count). The van der Waals surface area contributed by atoms with E-state index < -0.39 is 0 Å². The molecule has 0 atom stereocenters. The summed E-state index contributed by atoms with van der Waals surface area (Å²) in [5.41, 5.74) is 6.61. The van der Waals surface area contributed by atoms with Crippen LogP contribution in [0.4, 0.5) is 5.95 Å². The summed E-state index contributed by atoms with van der Waals surface area (Å²) in [6, 6.07) is 0. The van der Waals surface area contributed by atoms with Crippen LogP contribution >= 0.6 is 0 Å². The molecule has 0 aliphatic heterocycles. The van der Waals surface area contributed by atoms with Gasteiger partial charge in [-0.25, -0.2) is 4.98 Å². The molecular formula is C7H7N3O. The molecule has 0 fully saturated rings. The van der Waals surface area contributed by atoms with Gasteiger partial charge in [0, 0.05) is 5.56 Å². The Morgan fingerprint density at radius 1 is 1.64 bits per heavy atom. The molecule has 1 heterocycles. The lowest BCUT2D eigenvalue weighted by Crippen LogP contribution is -2.16. The van der Waals surface area contributed by atoms with Gasteiger partial charge in [0.05, 0.1) is 5.69 Å². The normalized spacial score (nSPS) is 13.5. The van der Waals surface area contributed by atoms with E-state index in [0.29, 0.717) is 17.7 Å². The van der Waals surface area contributed by atoms with E-state index in [-0.39, 0.29) is 11.5 Å². The predicted molar refractivity (Wildman–Crippen MR) is 42.0 cm³/mol. The van der Waals surface area contributed by atoms with Crippen LogP contribution in [-0.2, 0) is 6.42 Å². The molecule has 0 spiro atoms. The van der Waals surface area contributed by atoms with Crippen LogP contribution in [0.25, 0.3) is 6.08 Å². The molecule has 0 saturated heterocycles. The van der Waals surface area contributed by atoms with Crippen LogP contribution in [0.2, 0.25) is 0 Å². The lowest BCUT2D eigenvalue weighted by molar-refractivity contribution is 1.06. The predicted octanol–water partition coefficient (Wildman–Crippen LogP) is -0.0786. The van der Waals surface area contributed by atoms with Gasteiger partial charge >= 0.3 is 0 Å². The van der Waals surface area contributed by atoms with Crippen molar-refractivity contribution in [2.45, 2.75) is 6.42 Å². The second-order valence-electron chi connectivity index (χ2n) is 2.42. The number of anilines is 1. The Hall–Kier alpha value is -1.58. The molecule has 0 aromatic carbocycles. The van der Waals surface area contributed by atoms with Crippen molar-refractivity contribution >= 4 is 12.0 Å². The minimum absolute atomic E-state index is 0.127. The molecule has 0 radical (unpaired) electrons. The van der Waals surface area contributed by atoms with E-state index >= 15 is 0 Å². The quantitative estimate of drug-likeness (QED) is 0.542. The summed E-state index contributed by atoms with van der Waals surface area (Å²) in [5, 5.41) is 0. The fraction of sp³-hybridized carbons (Fsp3) is 0.143. The van der Waals surface area contributed by atoms with E-state index in [1.807, 2.05) is 6.08 Å². The van der Waals surface area contributed by atoms with E-state index in [1.165, 1.54) is 0 Å². The highest BCUT2D eigenvalue weighted by atomic mass is 16.1. The number of nitrogens with two attached hydrogens (primary N) is 1. The number of aromatic nitrogens is 2. The van der Waals surface area contributed by atoms with Gasteiger partial charge in [-0.2, -0.15) is 0 Å². The van der Waals surface area contributed by atoms with Crippen LogP contribution in [0.1, 0.15) is 11.3 Å². The van der Waals surface area contributed by atoms with Crippen LogP contribution in [-0.4, -0.2) is 9.97 Å². The Morgan fingerprint density at radius 2 is 2.45 bits per heavy atom. The van der Waals surface area contributed by atoms with Crippen molar-refractivity contribution in [1.29, 1.82) is 0 Å². The zero-order valence-corrected chi connectivity index (χ0v) is 5.79. The minimum atomic E-state index is -0.127. The highest BCUT2D eigenvalue weighted by Gasteiger charge is 2.10. The molecule has 3 N–H and O–H groups in total. The summed E-state index contributed by atoms with van der Waals surface area (Å²) in [4.78, 5) is 17.5. The fourth-order valence-corrected chi connectivity index (χ4v) is 1.16. The van der Waals surface area contributed by atoms with Crippen molar-refractivity contribution in [3.63, 3.8) is 0 Å². The smallest absolute Gasteiger partial charge is 0.256 e. The van der Waals surface area contributed by atoms with Gasteiger partial charge in [0.2, 0.25) is 5.95 Å². The lowest BCUT2D eigenvalue weighted by atomic mass is 10.2. The third-order valence-corrected chi connectivity index (χ3v) is 1.66. The second-order valence-corrected chi connectivity index (χ2v) is 2.42. The van der Waals surface area contributed by atoms with Gasteiger partial charge in [0.1, 0.15) is 0 Å². The summed E-state index contributed by atoms with van der Waals surface area (Å²) in [6.45, 7) is 0. The monoisotopic (exact) mass is 149 g/mol. The van der Waals surface area contributed by atoms with Gasteiger partial charge in [-0.3, -0.25) is 9.78 Å². The molecular weight excluding hydrogens is 142 g/mol. The number of nitrogens with one attached hydrogen (secondary N) is 1.